The lowest BCUT2D eigenvalue weighted by atomic mass is 10.2. The second-order valence-corrected chi connectivity index (χ2v) is 6.33. The predicted octanol–water partition coefficient (Wildman–Crippen LogP) is 0.162. The highest BCUT2D eigenvalue weighted by Crippen LogP contribution is 2.31. The lowest BCUT2D eigenvalue weighted by Gasteiger charge is -2.36. The Kier molecular flexibility index (Phi) is 6.64. The van der Waals surface area contributed by atoms with Gasteiger partial charge in [0, 0.05) is 38.6 Å². The second-order valence-electron chi connectivity index (χ2n) is 6.33. The molecule has 0 aromatic rings. The summed E-state index contributed by atoms with van der Waals surface area (Å²) in [6.45, 7) is 6.57. The minimum absolute atomic E-state index is 0.0840. The molecule has 1 saturated carbocycles. The van der Waals surface area contributed by atoms with Crippen LogP contribution in [0, 0.1) is 5.92 Å². The van der Waals surface area contributed by atoms with Gasteiger partial charge in [0.05, 0.1) is 13.2 Å². The normalized spacial score (nSPS) is 18.9. The predicted molar refractivity (Wildman–Crippen MR) is 84.3 cm³/mol. The van der Waals surface area contributed by atoms with Gasteiger partial charge in [-0.05, 0) is 25.8 Å². The first-order valence-corrected chi connectivity index (χ1v) is 8.55. The largest absolute Gasteiger partial charge is 0.395 e. The van der Waals surface area contributed by atoms with Crippen LogP contribution in [0.4, 0.5) is 0 Å². The summed E-state index contributed by atoms with van der Waals surface area (Å²) in [5.74, 6) is 0.649. The molecule has 0 bridgehead atoms. The molecule has 2 fully saturated rings. The molecule has 1 aliphatic carbocycles. The van der Waals surface area contributed by atoms with E-state index in [2.05, 4.69) is 6.92 Å². The van der Waals surface area contributed by atoms with E-state index in [4.69, 9.17) is 5.11 Å². The van der Waals surface area contributed by atoms with Gasteiger partial charge in [-0.3, -0.25) is 14.5 Å². The molecule has 0 spiro atoms. The first-order chi connectivity index (χ1) is 10.7. The number of amides is 2. The maximum atomic E-state index is 12.4. The number of rotatable bonds is 8. The van der Waals surface area contributed by atoms with Gasteiger partial charge in [0.2, 0.25) is 11.8 Å². The van der Waals surface area contributed by atoms with Gasteiger partial charge < -0.3 is 14.9 Å². The third-order valence-electron chi connectivity index (χ3n) is 4.47. The average molecular weight is 311 g/mol. The Balaban J connectivity index is 1.74. The van der Waals surface area contributed by atoms with Crippen molar-refractivity contribution in [2.45, 2.75) is 32.6 Å². The lowest BCUT2D eigenvalue weighted by molar-refractivity contribution is -0.141. The van der Waals surface area contributed by atoms with Crippen molar-refractivity contribution in [1.29, 1.82) is 0 Å². The highest BCUT2D eigenvalue weighted by atomic mass is 16.3. The Morgan fingerprint density at radius 3 is 2.27 bits per heavy atom. The van der Waals surface area contributed by atoms with Crippen molar-refractivity contribution in [3.8, 4) is 0 Å². The Morgan fingerprint density at radius 1 is 1.09 bits per heavy atom. The van der Waals surface area contributed by atoms with Crippen LogP contribution >= 0.6 is 0 Å². The van der Waals surface area contributed by atoms with Crippen LogP contribution in [0.1, 0.15) is 32.6 Å². The molecule has 0 atom stereocenters. The molecule has 0 unspecified atom stereocenters. The molecule has 1 N–H and O–H groups in total. The van der Waals surface area contributed by atoms with E-state index in [-0.39, 0.29) is 24.3 Å². The van der Waals surface area contributed by atoms with E-state index in [1.54, 1.807) is 0 Å². The summed E-state index contributed by atoms with van der Waals surface area (Å²) in [6.07, 6.45) is 4.19. The van der Waals surface area contributed by atoms with Crippen molar-refractivity contribution in [2.75, 3.05) is 52.4 Å². The number of hydrogen-bond donors (Lipinski definition) is 1. The molecule has 0 aromatic carbocycles. The number of unbranched alkanes of at least 4 members (excludes halogenated alkanes) is 1. The molecule has 6 heteroatoms. The Morgan fingerprint density at radius 2 is 1.73 bits per heavy atom. The maximum absolute atomic E-state index is 12.4. The summed E-state index contributed by atoms with van der Waals surface area (Å²) >= 11 is 0. The molecule has 1 saturated heterocycles. The van der Waals surface area contributed by atoms with Gasteiger partial charge in [0.15, 0.2) is 0 Å². The smallest absolute Gasteiger partial charge is 0.236 e. The first-order valence-electron chi connectivity index (χ1n) is 8.55. The summed E-state index contributed by atoms with van der Waals surface area (Å²) in [5, 5.41) is 9.10. The van der Waals surface area contributed by atoms with Crippen molar-refractivity contribution in [1.82, 2.24) is 14.7 Å². The van der Waals surface area contributed by atoms with Crippen LogP contribution in [-0.4, -0.2) is 84.0 Å². The summed E-state index contributed by atoms with van der Waals surface area (Å²) in [7, 11) is 0. The maximum Gasteiger partial charge on any atom is 0.236 e. The molecule has 1 heterocycles. The fourth-order valence-corrected chi connectivity index (χ4v) is 2.85. The SMILES string of the molecule is CCCCN(CCO)CC(=O)N1CCN(C(=O)C2CC2)CC1. The van der Waals surface area contributed by atoms with Gasteiger partial charge in [-0.25, -0.2) is 0 Å². The average Bonchev–Trinajstić information content (AvgIpc) is 3.37. The summed E-state index contributed by atoms with van der Waals surface area (Å²) in [5.41, 5.74) is 0. The number of carbonyl (C=O) groups excluding carboxylic acids is 2. The molecule has 2 amide bonds. The molecule has 0 radical (unpaired) electrons. The third kappa shape index (κ3) is 4.95. The number of aliphatic hydroxyl groups excluding tert-OH is 1. The van der Waals surface area contributed by atoms with Gasteiger partial charge in [-0.15, -0.1) is 0 Å². The van der Waals surface area contributed by atoms with Crippen LogP contribution in [-0.2, 0) is 9.59 Å². The van der Waals surface area contributed by atoms with Crippen LogP contribution in [0.2, 0.25) is 0 Å². The first kappa shape index (κ1) is 17.2. The Hall–Kier alpha value is -1.14. The Labute approximate surface area is 133 Å². The van der Waals surface area contributed by atoms with Crippen molar-refractivity contribution in [2.24, 2.45) is 5.92 Å². The number of hydrogen-bond acceptors (Lipinski definition) is 4. The van der Waals surface area contributed by atoms with Gasteiger partial charge >= 0.3 is 0 Å². The fourth-order valence-electron chi connectivity index (χ4n) is 2.85. The van der Waals surface area contributed by atoms with Gasteiger partial charge in [0.25, 0.3) is 0 Å². The zero-order valence-corrected chi connectivity index (χ0v) is 13.7. The monoisotopic (exact) mass is 311 g/mol. The number of aliphatic hydroxyl groups is 1. The standard InChI is InChI=1S/C16H29N3O3/c1-2-3-6-17(11-12-20)13-15(21)18-7-9-19(10-8-18)16(22)14-4-5-14/h14,20H,2-13H2,1H3. The van der Waals surface area contributed by atoms with Crippen molar-refractivity contribution < 1.29 is 14.7 Å². The van der Waals surface area contributed by atoms with E-state index in [1.165, 1.54) is 0 Å². The van der Waals surface area contributed by atoms with Crippen molar-refractivity contribution in [3.63, 3.8) is 0 Å². The molecule has 6 nitrogen and oxygen atoms in total. The highest BCUT2D eigenvalue weighted by Gasteiger charge is 2.35. The van der Waals surface area contributed by atoms with Crippen LogP contribution in [0.5, 0.6) is 0 Å². The van der Waals surface area contributed by atoms with Crippen LogP contribution in [0.3, 0.4) is 0 Å². The van der Waals surface area contributed by atoms with Crippen LogP contribution < -0.4 is 0 Å². The molecule has 1 aliphatic heterocycles. The van der Waals surface area contributed by atoms with Gasteiger partial charge in [-0.2, -0.15) is 0 Å². The van der Waals surface area contributed by atoms with E-state index in [1.807, 2.05) is 14.7 Å². The summed E-state index contributed by atoms with van der Waals surface area (Å²) < 4.78 is 0. The number of carbonyl (C=O) groups is 2. The Bertz CT molecular complexity index is 377. The fraction of sp³-hybridized carbons (Fsp3) is 0.875. The van der Waals surface area contributed by atoms with Gasteiger partial charge in [0.1, 0.15) is 0 Å². The quantitative estimate of drug-likeness (QED) is 0.694. The second kappa shape index (κ2) is 8.48. The number of piperazine rings is 1. The van der Waals surface area contributed by atoms with E-state index < -0.39 is 0 Å². The lowest BCUT2D eigenvalue weighted by Crippen LogP contribution is -2.53. The van der Waals surface area contributed by atoms with Crippen LogP contribution in [0.15, 0.2) is 0 Å². The van der Waals surface area contributed by atoms with Crippen molar-refractivity contribution >= 4 is 11.8 Å². The minimum atomic E-state index is 0.0840. The number of nitrogens with zero attached hydrogens (tertiary/aromatic N) is 3. The van der Waals surface area contributed by atoms with Crippen LogP contribution in [0.25, 0.3) is 0 Å². The van der Waals surface area contributed by atoms with E-state index >= 15 is 0 Å². The molecule has 22 heavy (non-hydrogen) atoms. The molecular weight excluding hydrogens is 282 g/mol. The summed E-state index contributed by atoms with van der Waals surface area (Å²) in [6, 6.07) is 0. The third-order valence-corrected chi connectivity index (χ3v) is 4.47. The molecule has 0 aromatic heterocycles. The molecule has 126 valence electrons. The van der Waals surface area contributed by atoms with Gasteiger partial charge in [-0.1, -0.05) is 13.3 Å². The summed E-state index contributed by atoms with van der Waals surface area (Å²) in [4.78, 5) is 30.2. The molecule has 2 aliphatic rings. The topological polar surface area (TPSA) is 64.1 Å². The zero-order valence-electron chi connectivity index (χ0n) is 13.7. The minimum Gasteiger partial charge on any atom is -0.395 e. The molecular formula is C16H29N3O3. The zero-order chi connectivity index (χ0) is 15.9. The van der Waals surface area contributed by atoms with E-state index in [9.17, 15) is 9.59 Å². The van der Waals surface area contributed by atoms with Crippen molar-refractivity contribution in [3.05, 3.63) is 0 Å². The van der Waals surface area contributed by atoms with E-state index in [0.29, 0.717) is 39.3 Å². The highest BCUT2D eigenvalue weighted by molar-refractivity contribution is 5.82. The van der Waals surface area contributed by atoms with E-state index in [0.717, 1.165) is 32.2 Å². The molecule has 2 rings (SSSR count).